The Bertz CT molecular complexity index is 998. The van der Waals surface area contributed by atoms with Crippen molar-refractivity contribution in [1.29, 1.82) is 0 Å². The molecule has 0 bridgehead atoms. The van der Waals surface area contributed by atoms with Crippen molar-refractivity contribution in [2.24, 2.45) is 0 Å². The highest BCUT2D eigenvalue weighted by Gasteiger charge is 2.15. The molecule has 0 unspecified atom stereocenters. The minimum atomic E-state index is 0.702. The molecular formula is C17H15N3S2. The molecule has 3 heterocycles. The number of benzene rings is 1. The maximum absolute atomic E-state index is 6.36. The van der Waals surface area contributed by atoms with Crippen LogP contribution in [0.5, 0.6) is 0 Å². The molecule has 0 atom stereocenters. The van der Waals surface area contributed by atoms with E-state index in [1.807, 2.05) is 10.6 Å². The molecule has 0 aliphatic heterocycles. The van der Waals surface area contributed by atoms with Gasteiger partial charge in [0, 0.05) is 26.9 Å². The van der Waals surface area contributed by atoms with E-state index >= 15 is 0 Å². The van der Waals surface area contributed by atoms with Crippen molar-refractivity contribution < 1.29 is 0 Å². The molecule has 0 fully saturated rings. The first-order valence-electron chi connectivity index (χ1n) is 6.98. The van der Waals surface area contributed by atoms with Gasteiger partial charge in [0.25, 0.3) is 0 Å². The Labute approximate surface area is 136 Å². The van der Waals surface area contributed by atoms with Crippen molar-refractivity contribution in [2.75, 3.05) is 12.0 Å². The molecule has 5 heteroatoms. The third-order valence-electron chi connectivity index (χ3n) is 3.97. The maximum Gasteiger partial charge on any atom is 0.147 e. The van der Waals surface area contributed by atoms with Gasteiger partial charge in [-0.1, -0.05) is 6.07 Å². The lowest BCUT2D eigenvalue weighted by molar-refractivity contribution is 1.21. The molecule has 1 aromatic carbocycles. The molecule has 0 saturated heterocycles. The average molecular weight is 325 g/mol. The zero-order chi connectivity index (χ0) is 15.3. The molecule has 3 aromatic heterocycles. The second kappa shape index (κ2) is 5.04. The highest BCUT2D eigenvalue weighted by Crippen LogP contribution is 2.34. The summed E-state index contributed by atoms with van der Waals surface area (Å²) in [4.78, 5) is 7.33. The summed E-state index contributed by atoms with van der Waals surface area (Å²) in [5, 5.41) is 4.40. The summed E-state index contributed by atoms with van der Waals surface area (Å²) >= 11 is 3.46. The monoisotopic (exact) mass is 325 g/mol. The summed E-state index contributed by atoms with van der Waals surface area (Å²) in [5.41, 5.74) is 9.28. The number of nitrogens with two attached hydrogens (primary N) is 1. The van der Waals surface area contributed by atoms with Crippen LogP contribution in [-0.2, 0) is 0 Å². The number of pyridine rings is 1. The minimum absolute atomic E-state index is 0.702. The molecule has 110 valence electrons. The van der Waals surface area contributed by atoms with Gasteiger partial charge in [0.15, 0.2) is 0 Å². The Balaban J connectivity index is 2.08. The quantitative estimate of drug-likeness (QED) is 0.537. The molecule has 0 saturated carbocycles. The third kappa shape index (κ3) is 1.93. The van der Waals surface area contributed by atoms with Gasteiger partial charge >= 0.3 is 0 Å². The Kier molecular flexibility index (Phi) is 3.13. The van der Waals surface area contributed by atoms with E-state index in [4.69, 9.17) is 10.7 Å². The minimum Gasteiger partial charge on any atom is -0.383 e. The molecule has 0 aliphatic rings. The molecule has 0 radical (unpaired) electrons. The largest absolute Gasteiger partial charge is 0.383 e. The topological polar surface area (TPSA) is 43.3 Å². The van der Waals surface area contributed by atoms with Gasteiger partial charge in [-0.25, -0.2) is 4.98 Å². The molecule has 3 nitrogen and oxygen atoms in total. The number of aryl methyl sites for hydroxylation is 1. The Morgan fingerprint density at radius 3 is 2.82 bits per heavy atom. The normalized spacial score (nSPS) is 11.5. The van der Waals surface area contributed by atoms with E-state index in [1.54, 1.807) is 23.1 Å². The van der Waals surface area contributed by atoms with Crippen molar-refractivity contribution in [3.05, 3.63) is 46.8 Å². The molecule has 4 rings (SSSR count). The number of nitrogens with zero attached hydrogens (tertiary/aromatic N) is 2. The fourth-order valence-electron chi connectivity index (χ4n) is 2.77. The molecule has 0 amide bonds. The first kappa shape index (κ1) is 13.7. The summed E-state index contributed by atoms with van der Waals surface area (Å²) in [6.07, 6.45) is 4.09. The van der Waals surface area contributed by atoms with Crippen LogP contribution in [-0.4, -0.2) is 15.6 Å². The lowest BCUT2D eigenvalue weighted by Crippen LogP contribution is -1.94. The Morgan fingerprint density at radius 2 is 2.09 bits per heavy atom. The summed E-state index contributed by atoms with van der Waals surface area (Å²) < 4.78 is 1.98. The van der Waals surface area contributed by atoms with Crippen LogP contribution in [0.25, 0.3) is 27.7 Å². The van der Waals surface area contributed by atoms with Crippen LogP contribution >= 0.6 is 23.1 Å². The number of nitrogen functional groups attached to an aromatic ring is 1. The molecule has 22 heavy (non-hydrogen) atoms. The number of thiophene rings is 1. The van der Waals surface area contributed by atoms with Crippen LogP contribution < -0.4 is 5.73 Å². The number of hydrogen-bond donors (Lipinski definition) is 1. The van der Waals surface area contributed by atoms with Gasteiger partial charge in [-0.3, -0.25) is 4.40 Å². The lowest BCUT2D eigenvalue weighted by Gasteiger charge is -2.03. The number of anilines is 1. The van der Waals surface area contributed by atoms with E-state index in [2.05, 4.69) is 48.9 Å². The second-order valence-electron chi connectivity index (χ2n) is 5.20. The predicted octanol–water partition coefficient (Wildman–Crippen LogP) is 4.83. The van der Waals surface area contributed by atoms with Crippen molar-refractivity contribution in [2.45, 2.75) is 11.8 Å². The Morgan fingerprint density at radius 1 is 1.23 bits per heavy atom. The van der Waals surface area contributed by atoms with Gasteiger partial charge in [-0.15, -0.1) is 23.1 Å². The van der Waals surface area contributed by atoms with E-state index < -0.39 is 0 Å². The average Bonchev–Trinajstić information content (AvgIpc) is 3.10. The molecule has 4 aromatic rings. The summed E-state index contributed by atoms with van der Waals surface area (Å²) in [6, 6.07) is 10.6. The van der Waals surface area contributed by atoms with Crippen LogP contribution in [0.4, 0.5) is 5.82 Å². The maximum atomic E-state index is 6.36. The van der Waals surface area contributed by atoms with Crippen LogP contribution in [0, 0.1) is 6.92 Å². The van der Waals surface area contributed by atoms with Crippen molar-refractivity contribution in [3.63, 3.8) is 0 Å². The standard InChI is InChI=1S/C17H15N3S2/c1-10-13(6-8-22-10)15-16(18)20-7-5-11-3-4-12(21-2)9-14(11)17(20)19-15/h3-9H,18H2,1-2H3. The first-order chi connectivity index (χ1) is 10.7. The molecule has 2 N–H and O–H groups in total. The van der Waals surface area contributed by atoms with Gasteiger partial charge in [-0.05, 0) is 48.2 Å². The van der Waals surface area contributed by atoms with Crippen LogP contribution in [0.3, 0.4) is 0 Å². The zero-order valence-electron chi connectivity index (χ0n) is 12.3. The van der Waals surface area contributed by atoms with Crippen LogP contribution in [0.1, 0.15) is 4.88 Å². The van der Waals surface area contributed by atoms with E-state index in [1.165, 1.54) is 15.2 Å². The fourth-order valence-corrected chi connectivity index (χ4v) is 3.91. The van der Waals surface area contributed by atoms with Crippen LogP contribution in [0.2, 0.25) is 0 Å². The fraction of sp³-hybridized carbons (Fsp3) is 0.118. The first-order valence-corrected chi connectivity index (χ1v) is 9.08. The van der Waals surface area contributed by atoms with Crippen molar-refractivity contribution >= 4 is 45.3 Å². The van der Waals surface area contributed by atoms with Gasteiger partial charge in [0.05, 0.1) is 0 Å². The van der Waals surface area contributed by atoms with Crippen molar-refractivity contribution in [1.82, 2.24) is 9.38 Å². The number of fused-ring (bicyclic) bond motifs is 3. The highest BCUT2D eigenvalue weighted by molar-refractivity contribution is 7.98. The smallest absolute Gasteiger partial charge is 0.147 e. The van der Waals surface area contributed by atoms with E-state index in [-0.39, 0.29) is 0 Å². The summed E-state index contributed by atoms with van der Waals surface area (Å²) in [6.45, 7) is 2.10. The van der Waals surface area contributed by atoms with E-state index in [0.717, 1.165) is 22.3 Å². The number of thioether (sulfide) groups is 1. The lowest BCUT2D eigenvalue weighted by atomic mass is 10.2. The summed E-state index contributed by atoms with van der Waals surface area (Å²) in [7, 11) is 0. The number of rotatable bonds is 2. The van der Waals surface area contributed by atoms with Crippen molar-refractivity contribution in [3.8, 4) is 11.3 Å². The third-order valence-corrected chi connectivity index (χ3v) is 5.54. The van der Waals surface area contributed by atoms with Crippen LogP contribution in [0.15, 0.2) is 46.8 Å². The van der Waals surface area contributed by atoms with E-state index in [0.29, 0.717) is 5.82 Å². The Hall–Kier alpha value is -1.98. The SMILES string of the molecule is CSc1ccc2ccn3c(N)c(-c4ccsc4C)nc3c2c1. The zero-order valence-corrected chi connectivity index (χ0v) is 14.0. The number of hydrogen-bond acceptors (Lipinski definition) is 4. The van der Waals surface area contributed by atoms with Gasteiger partial charge < -0.3 is 5.73 Å². The number of imidazole rings is 1. The predicted molar refractivity (Wildman–Crippen MR) is 96.9 cm³/mol. The van der Waals surface area contributed by atoms with E-state index in [9.17, 15) is 0 Å². The van der Waals surface area contributed by atoms with Gasteiger partial charge in [0.1, 0.15) is 17.2 Å². The van der Waals surface area contributed by atoms with Gasteiger partial charge in [-0.2, -0.15) is 0 Å². The second-order valence-corrected chi connectivity index (χ2v) is 7.20. The number of aromatic nitrogens is 2. The van der Waals surface area contributed by atoms with Gasteiger partial charge in [0.2, 0.25) is 0 Å². The highest BCUT2D eigenvalue weighted by atomic mass is 32.2. The molecular weight excluding hydrogens is 310 g/mol. The molecule has 0 spiro atoms. The summed E-state index contributed by atoms with van der Waals surface area (Å²) in [5.74, 6) is 0.702. The molecule has 0 aliphatic carbocycles.